The maximum absolute atomic E-state index is 12.9. The molecule has 1 heterocycles. The predicted octanol–water partition coefficient (Wildman–Crippen LogP) is 3.71. The summed E-state index contributed by atoms with van der Waals surface area (Å²) in [5, 5.41) is 10.0. The number of halogens is 3. The first-order valence-electron chi connectivity index (χ1n) is 9.99. The van der Waals surface area contributed by atoms with Gasteiger partial charge in [-0.2, -0.15) is 18.2 Å². The van der Waals surface area contributed by atoms with Gasteiger partial charge in [0.1, 0.15) is 18.0 Å². The van der Waals surface area contributed by atoms with Crippen molar-refractivity contribution in [1.82, 2.24) is 20.8 Å². The van der Waals surface area contributed by atoms with Gasteiger partial charge in [-0.25, -0.2) is 0 Å². The molecule has 2 N–H and O–H groups in total. The van der Waals surface area contributed by atoms with Crippen LogP contribution in [-0.4, -0.2) is 42.4 Å². The van der Waals surface area contributed by atoms with Gasteiger partial charge < -0.3 is 24.6 Å². The molecule has 2 rings (SSSR count). The van der Waals surface area contributed by atoms with E-state index in [9.17, 15) is 13.2 Å². The van der Waals surface area contributed by atoms with E-state index in [2.05, 4.69) is 25.8 Å². The average Bonchev–Trinajstić information content (AvgIpc) is 3.22. The number of ether oxygens (including phenoxy) is 2. The number of aromatic nitrogens is 2. The second kappa shape index (κ2) is 11.5. The van der Waals surface area contributed by atoms with Crippen LogP contribution in [-0.2, 0) is 17.5 Å². The minimum Gasteiger partial charge on any atom is -0.489 e. The van der Waals surface area contributed by atoms with E-state index in [1.165, 1.54) is 12.1 Å². The predicted molar refractivity (Wildman–Crippen MR) is 109 cm³/mol. The van der Waals surface area contributed by atoms with Crippen molar-refractivity contribution in [3.63, 3.8) is 0 Å². The Morgan fingerprint density at radius 3 is 2.68 bits per heavy atom. The molecule has 8 nitrogen and oxygen atoms in total. The molecule has 2 atom stereocenters. The molecule has 31 heavy (non-hydrogen) atoms. The minimum atomic E-state index is -4.42. The molecule has 1 aromatic carbocycles. The van der Waals surface area contributed by atoms with Crippen LogP contribution in [0.1, 0.15) is 50.6 Å². The molecule has 172 valence electrons. The van der Waals surface area contributed by atoms with E-state index in [0.29, 0.717) is 37.2 Å². The third kappa shape index (κ3) is 7.74. The van der Waals surface area contributed by atoms with Crippen molar-refractivity contribution in [1.29, 1.82) is 0 Å². The molecule has 0 aliphatic heterocycles. The Kier molecular flexibility index (Phi) is 9.10. The SMILES string of the molecule is CCOC(C)c1noc(CNC(=NC)NCC(CC)Oc2cccc(C(F)(F)F)c2)n1. The summed E-state index contributed by atoms with van der Waals surface area (Å²) in [6.07, 6.45) is -4.45. The third-order valence-corrected chi connectivity index (χ3v) is 4.31. The van der Waals surface area contributed by atoms with E-state index in [1.807, 2.05) is 20.8 Å². The number of hydrogen-bond acceptors (Lipinski definition) is 6. The minimum absolute atomic E-state index is 0.160. The molecule has 0 spiro atoms. The maximum Gasteiger partial charge on any atom is 0.416 e. The summed E-state index contributed by atoms with van der Waals surface area (Å²) >= 11 is 0. The maximum atomic E-state index is 12.9. The van der Waals surface area contributed by atoms with Crippen LogP contribution >= 0.6 is 0 Å². The molecule has 0 saturated heterocycles. The monoisotopic (exact) mass is 443 g/mol. The van der Waals surface area contributed by atoms with Crippen molar-refractivity contribution in [2.75, 3.05) is 20.2 Å². The van der Waals surface area contributed by atoms with Crippen molar-refractivity contribution in [3.8, 4) is 5.75 Å². The van der Waals surface area contributed by atoms with Gasteiger partial charge in [0.2, 0.25) is 5.89 Å². The lowest BCUT2D eigenvalue weighted by Crippen LogP contribution is -2.42. The molecule has 0 bridgehead atoms. The number of benzene rings is 1. The number of hydrogen-bond donors (Lipinski definition) is 2. The molecule has 0 amide bonds. The van der Waals surface area contributed by atoms with Gasteiger partial charge in [0.25, 0.3) is 0 Å². The molecule has 2 unspecified atom stereocenters. The van der Waals surface area contributed by atoms with Gasteiger partial charge in [0, 0.05) is 13.7 Å². The van der Waals surface area contributed by atoms with E-state index in [4.69, 9.17) is 14.0 Å². The number of alkyl halides is 3. The standard InChI is InChI=1S/C20H28F3N5O3/c1-5-15(30-16-9-7-8-14(10-16)20(21,22)23)11-25-19(24-4)26-12-17-27-18(28-31-17)13(3)29-6-2/h7-10,13,15H,5-6,11-12H2,1-4H3,(H2,24,25,26). The van der Waals surface area contributed by atoms with E-state index in [1.54, 1.807) is 7.05 Å². The summed E-state index contributed by atoms with van der Waals surface area (Å²) in [6, 6.07) is 4.83. The van der Waals surface area contributed by atoms with Crippen LogP contribution in [0.3, 0.4) is 0 Å². The van der Waals surface area contributed by atoms with Crippen LogP contribution in [0.25, 0.3) is 0 Å². The van der Waals surface area contributed by atoms with Gasteiger partial charge in [0.05, 0.1) is 18.7 Å². The van der Waals surface area contributed by atoms with Crippen molar-refractivity contribution >= 4 is 5.96 Å². The zero-order valence-electron chi connectivity index (χ0n) is 18.0. The second-order valence-electron chi connectivity index (χ2n) is 6.62. The Hall–Kier alpha value is -2.82. The molecule has 2 aromatic rings. The molecule has 0 aliphatic rings. The fraction of sp³-hybridized carbons (Fsp3) is 0.550. The quantitative estimate of drug-likeness (QED) is 0.427. The van der Waals surface area contributed by atoms with Gasteiger partial charge in [-0.1, -0.05) is 18.1 Å². The highest BCUT2D eigenvalue weighted by atomic mass is 19.4. The molecule has 0 saturated carbocycles. The van der Waals surface area contributed by atoms with Gasteiger partial charge in [-0.05, 0) is 38.5 Å². The van der Waals surface area contributed by atoms with Crippen LogP contribution < -0.4 is 15.4 Å². The van der Waals surface area contributed by atoms with Gasteiger partial charge in [-0.15, -0.1) is 0 Å². The van der Waals surface area contributed by atoms with Crippen molar-refractivity contribution in [2.45, 2.75) is 52.1 Å². The van der Waals surface area contributed by atoms with E-state index < -0.39 is 11.7 Å². The molecular weight excluding hydrogens is 415 g/mol. The highest BCUT2D eigenvalue weighted by molar-refractivity contribution is 5.79. The summed E-state index contributed by atoms with van der Waals surface area (Å²) in [5.74, 6) is 1.45. The zero-order chi connectivity index (χ0) is 22.9. The Balaban J connectivity index is 1.86. The van der Waals surface area contributed by atoms with Crippen molar-refractivity contribution < 1.29 is 27.2 Å². The number of aliphatic imine (C=N–C) groups is 1. The molecule has 0 fully saturated rings. The fourth-order valence-corrected chi connectivity index (χ4v) is 2.63. The Bertz CT molecular complexity index is 841. The van der Waals surface area contributed by atoms with E-state index in [0.717, 1.165) is 12.1 Å². The van der Waals surface area contributed by atoms with Crippen molar-refractivity contribution in [3.05, 3.63) is 41.5 Å². The lowest BCUT2D eigenvalue weighted by Gasteiger charge is -2.20. The third-order valence-electron chi connectivity index (χ3n) is 4.31. The fourth-order valence-electron chi connectivity index (χ4n) is 2.63. The molecule has 0 radical (unpaired) electrons. The lowest BCUT2D eigenvalue weighted by molar-refractivity contribution is -0.137. The normalized spacial score (nSPS) is 14.2. The number of nitrogens with one attached hydrogen (secondary N) is 2. The summed E-state index contributed by atoms with van der Waals surface area (Å²) in [7, 11) is 1.60. The van der Waals surface area contributed by atoms with E-state index in [-0.39, 0.29) is 24.5 Å². The highest BCUT2D eigenvalue weighted by Gasteiger charge is 2.30. The van der Waals surface area contributed by atoms with E-state index >= 15 is 0 Å². The average molecular weight is 443 g/mol. The molecule has 11 heteroatoms. The first kappa shape index (κ1) is 24.4. The second-order valence-corrected chi connectivity index (χ2v) is 6.62. The summed E-state index contributed by atoms with van der Waals surface area (Å²) in [6.45, 7) is 6.73. The molecule has 1 aromatic heterocycles. The van der Waals surface area contributed by atoms with Crippen LogP contribution in [0.15, 0.2) is 33.8 Å². The Labute approximate surface area is 179 Å². The first-order valence-corrected chi connectivity index (χ1v) is 9.99. The van der Waals surface area contributed by atoms with Crippen LogP contribution in [0, 0.1) is 0 Å². The van der Waals surface area contributed by atoms with Crippen molar-refractivity contribution in [2.24, 2.45) is 4.99 Å². The number of nitrogens with zero attached hydrogens (tertiary/aromatic N) is 3. The Morgan fingerprint density at radius 2 is 2.03 bits per heavy atom. The van der Waals surface area contributed by atoms with Gasteiger partial charge >= 0.3 is 6.18 Å². The smallest absolute Gasteiger partial charge is 0.416 e. The highest BCUT2D eigenvalue weighted by Crippen LogP contribution is 2.31. The zero-order valence-corrected chi connectivity index (χ0v) is 18.0. The Morgan fingerprint density at radius 1 is 1.26 bits per heavy atom. The summed E-state index contributed by atoms with van der Waals surface area (Å²) < 4.78 is 55.0. The van der Waals surface area contributed by atoms with Crippen LogP contribution in [0.2, 0.25) is 0 Å². The lowest BCUT2D eigenvalue weighted by atomic mass is 10.2. The summed E-state index contributed by atoms with van der Waals surface area (Å²) in [4.78, 5) is 8.38. The first-order chi connectivity index (χ1) is 14.8. The largest absolute Gasteiger partial charge is 0.489 e. The van der Waals surface area contributed by atoms with Crippen LogP contribution in [0.4, 0.5) is 13.2 Å². The number of rotatable bonds is 10. The van der Waals surface area contributed by atoms with Crippen LogP contribution in [0.5, 0.6) is 5.75 Å². The molecule has 0 aliphatic carbocycles. The van der Waals surface area contributed by atoms with Gasteiger partial charge in [-0.3, -0.25) is 4.99 Å². The summed E-state index contributed by atoms with van der Waals surface area (Å²) in [5.41, 5.74) is -0.747. The number of guanidine groups is 1. The van der Waals surface area contributed by atoms with Gasteiger partial charge in [0.15, 0.2) is 11.8 Å². The topological polar surface area (TPSA) is 93.8 Å². The molecular formula is C20H28F3N5O3.